The van der Waals surface area contributed by atoms with Crippen molar-refractivity contribution in [2.75, 3.05) is 6.54 Å². The Kier molecular flexibility index (Phi) is 4.77. The molecule has 2 aromatic rings. The van der Waals surface area contributed by atoms with Gasteiger partial charge in [-0.3, -0.25) is 0 Å². The number of rotatable bonds is 5. The molecule has 0 fully saturated rings. The fraction of sp³-hybridized carbons (Fsp3) is 0.368. The number of fused-ring (bicyclic) bond motifs is 1. The molecule has 2 aromatic carbocycles. The van der Waals surface area contributed by atoms with Gasteiger partial charge in [0.05, 0.1) is 0 Å². The molecule has 0 bridgehead atoms. The van der Waals surface area contributed by atoms with E-state index < -0.39 is 0 Å². The maximum absolute atomic E-state index is 3.76. The molecule has 110 valence electrons. The first-order valence-corrected chi connectivity index (χ1v) is 8.63. The van der Waals surface area contributed by atoms with Crippen molar-refractivity contribution in [1.29, 1.82) is 0 Å². The average Bonchev–Trinajstić information content (AvgIpc) is 2.85. The van der Waals surface area contributed by atoms with E-state index in [9.17, 15) is 0 Å². The summed E-state index contributed by atoms with van der Waals surface area (Å²) < 4.78 is 1.15. The Hall–Kier alpha value is -1.12. The lowest BCUT2D eigenvalue weighted by Gasteiger charge is -2.22. The van der Waals surface area contributed by atoms with Gasteiger partial charge in [-0.05, 0) is 60.5 Å². The normalized spacial score (nSPS) is 20.5. The Bertz CT molecular complexity index is 591. The van der Waals surface area contributed by atoms with Gasteiger partial charge in [0, 0.05) is 10.5 Å². The summed E-state index contributed by atoms with van der Waals surface area (Å²) in [6.07, 6.45) is 3.51. The minimum atomic E-state index is 0.504. The van der Waals surface area contributed by atoms with Crippen LogP contribution in [0, 0.1) is 5.92 Å². The minimum absolute atomic E-state index is 0.504. The van der Waals surface area contributed by atoms with Crippen LogP contribution in [-0.4, -0.2) is 6.54 Å². The van der Waals surface area contributed by atoms with Crippen molar-refractivity contribution in [2.24, 2.45) is 5.92 Å². The van der Waals surface area contributed by atoms with Crippen LogP contribution in [0.4, 0.5) is 0 Å². The lowest BCUT2D eigenvalue weighted by Crippen LogP contribution is -2.27. The zero-order chi connectivity index (χ0) is 14.7. The Morgan fingerprint density at radius 3 is 2.62 bits per heavy atom. The van der Waals surface area contributed by atoms with E-state index in [1.165, 1.54) is 29.5 Å². The van der Waals surface area contributed by atoms with Crippen LogP contribution in [0.1, 0.15) is 36.1 Å². The molecular formula is C19H22BrN. The summed E-state index contributed by atoms with van der Waals surface area (Å²) in [4.78, 5) is 0. The van der Waals surface area contributed by atoms with Crippen molar-refractivity contribution in [3.8, 4) is 0 Å². The van der Waals surface area contributed by atoms with E-state index in [1.807, 2.05) is 0 Å². The van der Waals surface area contributed by atoms with Gasteiger partial charge in [0.25, 0.3) is 0 Å². The largest absolute Gasteiger partial charge is 0.310 e. The number of hydrogen-bond donors (Lipinski definition) is 1. The maximum atomic E-state index is 3.76. The SMILES string of the molecule is CCCNC1c2ccccc2CC1Cc1ccc(Br)cc1. The van der Waals surface area contributed by atoms with Crippen molar-refractivity contribution < 1.29 is 0 Å². The number of benzene rings is 2. The first-order valence-electron chi connectivity index (χ1n) is 7.83. The van der Waals surface area contributed by atoms with Crippen LogP contribution in [-0.2, 0) is 12.8 Å². The lowest BCUT2D eigenvalue weighted by molar-refractivity contribution is 0.387. The third-order valence-corrected chi connectivity index (χ3v) is 4.90. The van der Waals surface area contributed by atoms with Gasteiger partial charge >= 0.3 is 0 Å². The standard InChI is InChI=1S/C19H22BrN/c1-2-11-21-19-16(12-14-7-9-17(20)10-8-14)13-15-5-3-4-6-18(15)19/h3-10,16,19,21H,2,11-13H2,1H3. The third kappa shape index (κ3) is 3.38. The van der Waals surface area contributed by atoms with Crippen molar-refractivity contribution in [1.82, 2.24) is 5.32 Å². The number of nitrogens with one attached hydrogen (secondary N) is 1. The monoisotopic (exact) mass is 343 g/mol. The zero-order valence-electron chi connectivity index (χ0n) is 12.5. The highest BCUT2D eigenvalue weighted by atomic mass is 79.9. The highest BCUT2D eigenvalue weighted by Crippen LogP contribution is 2.38. The molecule has 1 N–H and O–H groups in total. The van der Waals surface area contributed by atoms with E-state index in [1.54, 1.807) is 0 Å². The highest BCUT2D eigenvalue weighted by molar-refractivity contribution is 9.10. The second-order valence-electron chi connectivity index (χ2n) is 5.93. The second kappa shape index (κ2) is 6.76. The molecule has 1 aliphatic carbocycles. The molecule has 21 heavy (non-hydrogen) atoms. The first kappa shape index (κ1) is 14.8. The molecular weight excluding hydrogens is 322 g/mol. The number of halogens is 1. The number of hydrogen-bond acceptors (Lipinski definition) is 1. The van der Waals surface area contributed by atoms with Crippen LogP contribution in [0.5, 0.6) is 0 Å². The molecule has 0 heterocycles. The molecule has 2 unspecified atom stereocenters. The van der Waals surface area contributed by atoms with Gasteiger partial charge in [0.15, 0.2) is 0 Å². The predicted octanol–water partition coefficient (Wildman–Crippen LogP) is 4.90. The van der Waals surface area contributed by atoms with Crippen LogP contribution in [0.15, 0.2) is 53.0 Å². The zero-order valence-corrected chi connectivity index (χ0v) is 14.1. The van der Waals surface area contributed by atoms with E-state index in [0.29, 0.717) is 12.0 Å². The summed E-state index contributed by atoms with van der Waals surface area (Å²) in [7, 11) is 0. The molecule has 0 saturated carbocycles. The van der Waals surface area contributed by atoms with Crippen LogP contribution < -0.4 is 5.32 Å². The van der Waals surface area contributed by atoms with Crippen molar-refractivity contribution >= 4 is 15.9 Å². The quantitative estimate of drug-likeness (QED) is 0.813. The van der Waals surface area contributed by atoms with Crippen molar-refractivity contribution in [2.45, 2.75) is 32.2 Å². The molecule has 1 nitrogen and oxygen atoms in total. The molecule has 1 aliphatic rings. The minimum Gasteiger partial charge on any atom is -0.310 e. The molecule has 0 amide bonds. The maximum Gasteiger partial charge on any atom is 0.0357 e. The molecule has 0 aromatic heterocycles. The summed E-state index contributed by atoms with van der Waals surface area (Å²) >= 11 is 3.52. The van der Waals surface area contributed by atoms with Crippen LogP contribution in [0.3, 0.4) is 0 Å². The van der Waals surface area contributed by atoms with Crippen LogP contribution >= 0.6 is 15.9 Å². The second-order valence-corrected chi connectivity index (χ2v) is 6.84. The van der Waals surface area contributed by atoms with E-state index in [2.05, 4.69) is 76.7 Å². The van der Waals surface area contributed by atoms with Gasteiger partial charge in [-0.25, -0.2) is 0 Å². The Balaban J connectivity index is 1.79. The Labute approximate surface area is 135 Å². The van der Waals surface area contributed by atoms with E-state index in [0.717, 1.165) is 17.4 Å². The van der Waals surface area contributed by atoms with Crippen LogP contribution in [0.25, 0.3) is 0 Å². The fourth-order valence-corrected chi connectivity index (χ4v) is 3.63. The van der Waals surface area contributed by atoms with Gasteiger partial charge in [0.1, 0.15) is 0 Å². The summed E-state index contributed by atoms with van der Waals surface area (Å²) in [5, 5.41) is 3.76. The molecule has 0 spiro atoms. The van der Waals surface area contributed by atoms with Gasteiger partial charge in [0.2, 0.25) is 0 Å². The topological polar surface area (TPSA) is 12.0 Å². The van der Waals surface area contributed by atoms with Crippen LogP contribution in [0.2, 0.25) is 0 Å². The Morgan fingerprint density at radius 2 is 1.86 bits per heavy atom. The first-order chi connectivity index (χ1) is 10.3. The molecule has 0 radical (unpaired) electrons. The molecule has 3 rings (SSSR count). The van der Waals surface area contributed by atoms with E-state index in [4.69, 9.17) is 0 Å². The third-order valence-electron chi connectivity index (χ3n) is 4.37. The van der Waals surface area contributed by atoms with Gasteiger partial charge < -0.3 is 5.32 Å². The summed E-state index contributed by atoms with van der Waals surface area (Å²) in [5.41, 5.74) is 4.46. The highest BCUT2D eigenvalue weighted by Gasteiger charge is 2.31. The molecule has 0 saturated heterocycles. The average molecular weight is 344 g/mol. The molecule has 2 heteroatoms. The van der Waals surface area contributed by atoms with Gasteiger partial charge in [-0.1, -0.05) is 59.3 Å². The predicted molar refractivity (Wildman–Crippen MR) is 92.5 cm³/mol. The Morgan fingerprint density at radius 1 is 1.10 bits per heavy atom. The van der Waals surface area contributed by atoms with E-state index >= 15 is 0 Å². The molecule has 2 atom stereocenters. The summed E-state index contributed by atoms with van der Waals surface area (Å²) in [5.74, 6) is 0.662. The van der Waals surface area contributed by atoms with Gasteiger partial charge in [-0.15, -0.1) is 0 Å². The molecule has 0 aliphatic heterocycles. The fourth-order valence-electron chi connectivity index (χ4n) is 3.37. The smallest absolute Gasteiger partial charge is 0.0357 e. The van der Waals surface area contributed by atoms with Crippen molar-refractivity contribution in [3.05, 3.63) is 69.7 Å². The van der Waals surface area contributed by atoms with E-state index in [-0.39, 0.29) is 0 Å². The van der Waals surface area contributed by atoms with Gasteiger partial charge in [-0.2, -0.15) is 0 Å². The lowest BCUT2D eigenvalue weighted by atomic mass is 9.92. The van der Waals surface area contributed by atoms with Crippen molar-refractivity contribution in [3.63, 3.8) is 0 Å². The summed E-state index contributed by atoms with van der Waals surface area (Å²) in [6.45, 7) is 3.33. The summed E-state index contributed by atoms with van der Waals surface area (Å²) in [6, 6.07) is 18.2.